The van der Waals surface area contributed by atoms with E-state index in [4.69, 9.17) is 5.73 Å². The molecule has 0 spiro atoms. The first-order chi connectivity index (χ1) is 13.0. The highest BCUT2D eigenvalue weighted by atomic mass is 32.1. The van der Waals surface area contributed by atoms with Gasteiger partial charge in [-0.25, -0.2) is 0 Å². The lowest BCUT2D eigenvalue weighted by atomic mass is 10.1. The van der Waals surface area contributed by atoms with Crippen LogP contribution in [0.5, 0.6) is 0 Å². The van der Waals surface area contributed by atoms with Gasteiger partial charge in [-0.15, -0.1) is 11.3 Å². The fourth-order valence-electron chi connectivity index (χ4n) is 2.54. The number of carbonyl (C=O) groups is 2. The zero-order valence-corrected chi connectivity index (χ0v) is 15.6. The largest absolute Gasteiger partial charge is 0.346 e. The second-order valence-corrected chi connectivity index (χ2v) is 7.28. The molecule has 27 heavy (non-hydrogen) atoms. The van der Waals surface area contributed by atoms with E-state index in [-0.39, 0.29) is 12.6 Å². The van der Waals surface area contributed by atoms with Crippen molar-refractivity contribution in [3.63, 3.8) is 0 Å². The number of amides is 2. The van der Waals surface area contributed by atoms with Gasteiger partial charge in [-0.05, 0) is 36.8 Å². The second kappa shape index (κ2) is 8.57. The first-order valence-electron chi connectivity index (χ1n) is 8.46. The average Bonchev–Trinajstić information content (AvgIpc) is 3.13. The zero-order valence-electron chi connectivity index (χ0n) is 14.8. The van der Waals surface area contributed by atoms with Crippen molar-refractivity contribution in [2.24, 2.45) is 5.73 Å². The normalized spacial score (nSPS) is 11.6. The van der Waals surface area contributed by atoms with Gasteiger partial charge in [0.15, 0.2) is 0 Å². The Bertz CT molecular complexity index is 940. The summed E-state index contributed by atoms with van der Waals surface area (Å²) in [6, 6.07) is 16.4. The second-order valence-electron chi connectivity index (χ2n) is 5.99. The summed E-state index contributed by atoms with van der Waals surface area (Å²) < 4.78 is 0. The van der Waals surface area contributed by atoms with Gasteiger partial charge in [0.1, 0.15) is 5.69 Å². The van der Waals surface area contributed by atoms with Crippen molar-refractivity contribution in [3.05, 3.63) is 71.2 Å². The summed E-state index contributed by atoms with van der Waals surface area (Å²) in [5.74, 6) is -1.49. The van der Waals surface area contributed by atoms with Crippen LogP contribution in [0.25, 0.3) is 10.6 Å². The fourth-order valence-corrected chi connectivity index (χ4v) is 3.42. The van der Waals surface area contributed by atoms with Crippen molar-refractivity contribution >= 4 is 28.8 Å². The summed E-state index contributed by atoms with van der Waals surface area (Å²) in [5.41, 5.74) is 8.06. The smallest absolute Gasteiger partial charge is 0.313 e. The van der Waals surface area contributed by atoms with Gasteiger partial charge >= 0.3 is 11.8 Å². The molecule has 0 saturated heterocycles. The molecule has 3 rings (SSSR count). The van der Waals surface area contributed by atoms with E-state index < -0.39 is 11.8 Å². The molecule has 4 N–H and O–H groups in total. The first kappa shape index (κ1) is 18.8. The number of nitrogens with two attached hydrogens (primary N) is 1. The maximum atomic E-state index is 12.3. The Morgan fingerprint density at radius 3 is 2.56 bits per heavy atom. The Labute approximate surface area is 161 Å². The molecule has 0 fully saturated rings. The van der Waals surface area contributed by atoms with Gasteiger partial charge in [-0.1, -0.05) is 30.3 Å². The van der Waals surface area contributed by atoms with Crippen LogP contribution in [0, 0.1) is 6.92 Å². The molecule has 0 aliphatic heterocycles. The summed E-state index contributed by atoms with van der Waals surface area (Å²) in [7, 11) is 0. The SMILES string of the molecule is Cc1ccc(-c2ncccc2NC(=O)C(=O)NCC(N)c2ccccc2)s1. The number of benzene rings is 1. The quantitative estimate of drug-likeness (QED) is 0.593. The number of anilines is 1. The van der Waals surface area contributed by atoms with Crippen LogP contribution >= 0.6 is 11.3 Å². The number of pyridine rings is 1. The molecule has 7 heteroatoms. The summed E-state index contributed by atoms with van der Waals surface area (Å²) in [6.07, 6.45) is 1.65. The molecular formula is C20H20N4O2S. The predicted octanol–water partition coefficient (Wildman–Crippen LogP) is 2.87. The van der Waals surface area contributed by atoms with Crippen LogP contribution in [0.2, 0.25) is 0 Å². The molecule has 1 aromatic carbocycles. The van der Waals surface area contributed by atoms with Gasteiger partial charge in [-0.3, -0.25) is 14.6 Å². The van der Waals surface area contributed by atoms with Gasteiger partial charge in [0.2, 0.25) is 0 Å². The van der Waals surface area contributed by atoms with E-state index in [1.165, 1.54) is 0 Å². The van der Waals surface area contributed by atoms with Crippen molar-refractivity contribution in [1.82, 2.24) is 10.3 Å². The maximum Gasteiger partial charge on any atom is 0.313 e. The number of hydrogen-bond donors (Lipinski definition) is 3. The third kappa shape index (κ3) is 4.78. The van der Waals surface area contributed by atoms with Crippen LogP contribution < -0.4 is 16.4 Å². The Kier molecular flexibility index (Phi) is 5.95. The number of rotatable bonds is 5. The third-order valence-corrected chi connectivity index (χ3v) is 4.95. The van der Waals surface area contributed by atoms with E-state index in [0.29, 0.717) is 11.4 Å². The van der Waals surface area contributed by atoms with Crippen LogP contribution in [-0.2, 0) is 9.59 Å². The molecule has 0 bridgehead atoms. The first-order valence-corrected chi connectivity index (χ1v) is 9.28. The van der Waals surface area contributed by atoms with Crippen molar-refractivity contribution in [2.45, 2.75) is 13.0 Å². The van der Waals surface area contributed by atoms with Gasteiger partial charge < -0.3 is 16.4 Å². The van der Waals surface area contributed by atoms with Crippen LogP contribution in [0.3, 0.4) is 0 Å². The van der Waals surface area contributed by atoms with Crippen molar-refractivity contribution in [1.29, 1.82) is 0 Å². The number of carbonyl (C=O) groups excluding carboxylic acids is 2. The summed E-state index contributed by atoms with van der Waals surface area (Å²) >= 11 is 1.57. The van der Waals surface area contributed by atoms with Crippen molar-refractivity contribution < 1.29 is 9.59 Å². The number of hydrogen-bond acceptors (Lipinski definition) is 5. The number of aryl methyl sites for hydroxylation is 1. The Hall–Kier alpha value is -3.03. The zero-order chi connectivity index (χ0) is 19.2. The predicted molar refractivity (Wildman–Crippen MR) is 107 cm³/mol. The molecule has 0 aliphatic carbocycles. The lowest BCUT2D eigenvalue weighted by Gasteiger charge is -2.13. The topological polar surface area (TPSA) is 97.1 Å². The molecule has 138 valence electrons. The van der Waals surface area contributed by atoms with E-state index in [1.54, 1.807) is 29.7 Å². The Balaban J connectivity index is 1.63. The standard InChI is InChI=1S/C20H20N4O2S/c1-13-9-10-17(27-13)18-16(8-5-11-22-18)24-20(26)19(25)23-12-15(21)14-6-3-2-4-7-14/h2-11,15H,12,21H2,1H3,(H,23,25)(H,24,26). The molecule has 6 nitrogen and oxygen atoms in total. The van der Waals surface area contributed by atoms with E-state index in [9.17, 15) is 9.59 Å². The molecule has 0 aliphatic rings. The highest BCUT2D eigenvalue weighted by Crippen LogP contribution is 2.31. The lowest BCUT2D eigenvalue weighted by molar-refractivity contribution is -0.136. The van der Waals surface area contributed by atoms with Crippen LogP contribution in [0.15, 0.2) is 60.8 Å². The third-order valence-electron chi connectivity index (χ3n) is 3.95. The van der Waals surface area contributed by atoms with Gasteiger partial charge in [0, 0.05) is 23.7 Å². The monoisotopic (exact) mass is 380 g/mol. The van der Waals surface area contributed by atoms with E-state index in [0.717, 1.165) is 15.3 Å². The Morgan fingerprint density at radius 2 is 1.85 bits per heavy atom. The summed E-state index contributed by atoms with van der Waals surface area (Å²) in [4.78, 5) is 30.8. The van der Waals surface area contributed by atoms with E-state index in [2.05, 4.69) is 15.6 Å². The number of nitrogens with zero attached hydrogens (tertiary/aromatic N) is 1. The minimum atomic E-state index is -0.752. The highest BCUT2D eigenvalue weighted by molar-refractivity contribution is 7.15. The van der Waals surface area contributed by atoms with E-state index in [1.807, 2.05) is 49.4 Å². The summed E-state index contributed by atoms with van der Waals surface area (Å²) in [6.45, 7) is 2.17. The molecule has 0 radical (unpaired) electrons. The molecule has 2 heterocycles. The molecule has 3 aromatic rings. The Morgan fingerprint density at radius 1 is 1.07 bits per heavy atom. The molecule has 2 aromatic heterocycles. The molecule has 1 unspecified atom stereocenters. The lowest BCUT2D eigenvalue weighted by Crippen LogP contribution is -2.39. The van der Waals surface area contributed by atoms with E-state index >= 15 is 0 Å². The van der Waals surface area contributed by atoms with Gasteiger partial charge in [0.05, 0.1) is 10.6 Å². The number of nitrogens with one attached hydrogen (secondary N) is 2. The van der Waals surface area contributed by atoms with Crippen molar-refractivity contribution in [3.8, 4) is 10.6 Å². The fraction of sp³-hybridized carbons (Fsp3) is 0.150. The molecule has 1 atom stereocenters. The molecular weight excluding hydrogens is 360 g/mol. The average molecular weight is 380 g/mol. The molecule has 2 amide bonds. The minimum Gasteiger partial charge on any atom is -0.346 e. The number of thiophene rings is 1. The minimum absolute atomic E-state index is 0.167. The summed E-state index contributed by atoms with van der Waals surface area (Å²) in [5, 5.41) is 5.20. The number of aromatic nitrogens is 1. The van der Waals surface area contributed by atoms with Gasteiger partial charge in [-0.2, -0.15) is 0 Å². The highest BCUT2D eigenvalue weighted by Gasteiger charge is 2.18. The van der Waals surface area contributed by atoms with Crippen molar-refractivity contribution in [2.75, 3.05) is 11.9 Å². The van der Waals surface area contributed by atoms with Crippen LogP contribution in [-0.4, -0.2) is 23.3 Å². The van der Waals surface area contributed by atoms with Gasteiger partial charge in [0.25, 0.3) is 0 Å². The maximum absolute atomic E-state index is 12.3. The molecule has 0 saturated carbocycles. The van der Waals surface area contributed by atoms with Crippen LogP contribution in [0.4, 0.5) is 5.69 Å². The van der Waals surface area contributed by atoms with Crippen LogP contribution in [0.1, 0.15) is 16.5 Å².